The molecule has 0 saturated heterocycles. The van der Waals surface area contributed by atoms with Crippen LogP contribution >= 0.6 is 0 Å². The Hall–Kier alpha value is -1.55. The van der Waals surface area contributed by atoms with Crippen LogP contribution < -0.4 is 5.32 Å². The molecule has 0 aliphatic heterocycles. The molecule has 0 fully saturated rings. The van der Waals surface area contributed by atoms with Crippen molar-refractivity contribution in [3.05, 3.63) is 41.1 Å². The van der Waals surface area contributed by atoms with Crippen LogP contribution in [0.5, 0.6) is 0 Å². The molecule has 0 aromatic carbocycles. The van der Waals surface area contributed by atoms with Gasteiger partial charge in [0.25, 0.3) is 0 Å². The predicted molar refractivity (Wildman–Crippen MR) is 66.6 cm³/mol. The average molecular weight is 233 g/mol. The molecule has 1 atom stereocenters. The van der Waals surface area contributed by atoms with Gasteiger partial charge in [0, 0.05) is 24.3 Å². The first-order valence-corrected chi connectivity index (χ1v) is 5.85. The first-order chi connectivity index (χ1) is 8.09. The Kier molecular flexibility index (Phi) is 3.33. The zero-order valence-electron chi connectivity index (χ0n) is 10.8. The van der Waals surface area contributed by atoms with Gasteiger partial charge in [-0.1, -0.05) is 0 Å². The van der Waals surface area contributed by atoms with E-state index >= 15 is 0 Å². The number of aromatic nitrogens is 2. The fourth-order valence-electron chi connectivity index (χ4n) is 2.19. The second-order valence-corrected chi connectivity index (χ2v) is 4.39. The highest BCUT2D eigenvalue weighted by Crippen LogP contribution is 2.20. The van der Waals surface area contributed by atoms with Crippen molar-refractivity contribution < 1.29 is 4.42 Å². The van der Waals surface area contributed by atoms with Gasteiger partial charge in [-0.2, -0.15) is 5.10 Å². The SMILES string of the molecule is Cc1nn(C)c(C)c1C(C)NCc1ccco1. The maximum Gasteiger partial charge on any atom is 0.117 e. The minimum absolute atomic E-state index is 0.272. The van der Waals surface area contributed by atoms with Crippen molar-refractivity contribution in [2.45, 2.75) is 33.4 Å². The van der Waals surface area contributed by atoms with Gasteiger partial charge in [-0.3, -0.25) is 4.68 Å². The second kappa shape index (κ2) is 4.75. The van der Waals surface area contributed by atoms with Gasteiger partial charge in [0.2, 0.25) is 0 Å². The lowest BCUT2D eigenvalue weighted by Crippen LogP contribution is -2.19. The fourth-order valence-corrected chi connectivity index (χ4v) is 2.19. The number of hydrogen-bond acceptors (Lipinski definition) is 3. The summed E-state index contributed by atoms with van der Waals surface area (Å²) in [5.41, 5.74) is 3.57. The molecule has 0 bridgehead atoms. The van der Waals surface area contributed by atoms with Crippen LogP contribution in [0.4, 0.5) is 0 Å². The summed E-state index contributed by atoms with van der Waals surface area (Å²) in [6.45, 7) is 7.04. The number of aryl methyl sites for hydroxylation is 2. The highest BCUT2D eigenvalue weighted by molar-refractivity contribution is 5.27. The second-order valence-electron chi connectivity index (χ2n) is 4.39. The van der Waals surface area contributed by atoms with E-state index in [0.717, 1.165) is 18.0 Å². The molecule has 0 aliphatic carbocycles. The number of hydrogen-bond donors (Lipinski definition) is 1. The lowest BCUT2D eigenvalue weighted by Gasteiger charge is -2.13. The molecule has 0 spiro atoms. The molecule has 2 heterocycles. The van der Waals surface area contributed by atoms with Gasteiger partial charge in [0.05, 0.1) is 18.5 Å². The fraction of sp³-hybridized carbons (Fsp3) is 0.462. The Bertz CT molecular complexity index is 485. The molecule has 17 heavy (non-hydrogen) atoms. The minimum atomic E-state index is 0.272. The lowest BCUT2D eigenvalue weighted by molar-refractivity contribution is 0.459. The van der Waals surface area contributed by atoms with Crippen LogP contribution in [0.3, 0.4) is 0 Å². The molecule has 0 amide bonds. The molecule has 0 radical (unpaired) electrons. The van der Waals surface area contributed by atoms with E-state index in [1.54, 1.807) is 6.26 Å². The average Bonchev–Trinajstić information content (AvgIpc) is 2.86. The molecular formula is C13H19N3O. The largest absolute Gasteiger partial charge is 0.468 e. The Balaban J connectivity index is 2.07. The molecule has 2 aromatic heterocycles. The summed E-state index contributed by atoms with van der Waals surface area (Å²) < 4.78 is 7.23. The maximum absolute atomic E-state index is 5.30. The predicted octanol–water partition coefficient (Wildman–Crippen LogP) is 2.48. The summed E-state index contributed by atoms with van der Waals surface area (Å²) in [7, 11) is 1.98. The number of nitrogens with zero attached hydrogens (tertiary/aromatic N) is 2. The molecule has 92 valence electrons. The summed E-state index contributed by atoms with van der Waals surface area (Å²) in [5.74, 6) is 0.955. The van der Waals surface area contributed by atoms with Crippen molar-refractivity contribution in [3.8, 4) is 0 Å². The molecule has 4 nitrogen and oxygen atoms in total. The molecule has 4 heteroatoms. The third kappa shape index (κ3) is 2.42. The first kappa shape index (κ1) is 11.9. The van der Waals surface area contributed by atoms with E-state index in [4.69, 9.17) is 4.42 Å². The molecule has 2 aromatic rings. The maximum atomic E-state index is 5.30. The number of rotatable bonds is 4. The van der Waals surface area contributed by atoms with Crippen molar-refractivity contribution in [3.63, 3.8) is 0 Å². The van der Waals surface area contributed by atoms with Gasteiger partial charge in [-0.15, -0.1) is 0 Å². The third-order valence-corrected chi connectivity index (χ3v) is 3.16. The van der Waals surface area contributed by atoms with Crippen LogP contribution in [0.25, 0.3) is 0 Å². The molecule has 0 aliphatic rings. The Morgan fingerprint density at radius 1 is 1.47 bits per heavy atom. The summed E-state index contributed by atoms with van der Waals surface area (Å²) in [6.07, 6.45) is 1.70. The summed E-state index contributed by atoms with van der Waals surface area (Å²) in [5, 5.41) is 7.88. The minimum Gasteiger partial charge on any atom is -0.468 e. The quantitative estimate of drug-likeness (QED) is 0.882. The number of furan rings is 1. The third-order valence-electron chi connectivity index (χ3n) is 3.16. The van der Waals surface area contributed by atoms with E-state index in [2.05, 4.69) is 24.3 Å². The smallest absolute Gasteiger partial charge is 0.117 e. The standard InChI is InChI=1S/C13H19N3O/c1-9(14-8-12-6-5-7-17-12)13-10(2)15-16(4)11(13)3/h5-7,9,14H,8H2,1-4H3. The van der Waals surface area contributed by atoms with Gasteiger partial charge in [-0.05, 0) is 32.9 Å². The summed E-state index contributed by atoms with van der Waals surface area (Å²) >= 11 is 0. The zero-order chi connectivity index (χ0) is 12.4. The number of nitrogens with one attached hydrogen (secondary N) is 1. The van der Waals surface area contributed by atoms with Gasteiger partial charge >= 0.3 is 0 Å². The summed E-state index contributed by atoms with van der Waals surface area (Å²) in [4.78, 5) is 0. The topological polar surface area (TPSA) is 43.0 Å². The van der Waals surface area contributed by atoms with E-state index in [-0.39, 0.29) is 6.04 Å². The molecule has 0 saturated carbocycles. The van der Waals surface area contributed by atoms with Gasteiger partial charge < -0.3 is 9.73 Å². The van der Waals surface area contributed by atoms with E-state index in [1.165, 1.54) is 11.3 Å². The molecule has 2 rings (SSSR count). The highest BCUT2D eigenvalue weighted by Gasteiger charge is 2.15. The van der Waals surface area contributed by atoms with Crippen LogP contribution in [0.15, 0.2) is 22.8 Å². The van der Waals surface area contributed by atoms with Crippen LogP contribution in [0.2, 0.25) is 0 Å². The Labute approximate surface area is 102 Å². The van der Waals surface area contributed by atoms with Crippen molar-refractivity contribution in [2.75, 3.05) is 0 Å². The molecular weight excluding hydrogens is 214 g/mol. The van der Waals surface area contributed by atoms with E-state index < -0.39 is 0 Å². The van der Waals surface area contributed by atoms with Crippen LogP contribution in [0, 0.1) is 13.8 Å². The monoisotopic (exact) mass is 233 g/mol. The van der Waals surface area contributed by atoms with Crippen LogP contribution in [0.1, 0.15) is 35.7 Å². The van der Waals surface area contributed by atoms with Crippen molar-refractivity contribution in [1.82, 2.24) is 15.1 Å². The van der Waals surface area contributed by atoms with E-state index in [1.807, 2.05) is 30.8 Å². The first-order valence-electron chi connectivity index (χ1n) is 5.85. The lowest BCUT2D eigenvalue weighted by atomic mass is 10.1. The van der Waals surface area contributed by atoms with Crippen LogP contribution in [-0.2, 0) is 13.6 Å². The highest BCUT2D eigenvalue weighted by atomic mass is 16.3. The molecule has 1 unspecified atom stereocenters. The van der Waals surface area contributed by atoms with Crippen molar-refractivity contribution in [1.29, 1.82) is 0 Å². The van der Waals surface area contributed by atoms with E-state index in [0.29, 0.717) is 0 Å². The summed E-state index contributed by atoms with van der Waals surface area (Å²) in [6, 6.07) is 4.15. The van der Waals surface area contributed by atoms with Crippen LogP contribution in [-0.4, -0.2) is 9.78 Å². The van der Waals surface area contributed by atoms with Crippen molar-refractivity contribution >= 4 is 0 Å². The zero-order valence-corrected chi connectivity index (χ0v) is 10.8. The van der Waals surface area contributed by atoms with Gasteiger partial charge in [0.1, 0.15) is 5.76 Å². The molecule has 1 N–H and O–H groups in total. The van der Waals surface area contributed by atoms with Gasteiger partial charge in [-0.25, -0.2) is 0 Å². The van der Waals surface area contributed by atoms with Gasteiger partial charge in [0.15, 0.2) is 0 Å². The van der Waals surface area contributed by atoms with Crippen molar-refractivity contribution in [2.24, 2.45) is 7.05 Å². The Morgan fingerprint density at radius 3 is 2.76 bits per heavy atom. The normalized spacial score (nSPS) is 12.9. The van der Waals surface area contributed by atoms with E-state index in [9.17, 15) is 0 Å². The Morgan fingerprint density at radius 2 is 2.24 bits per heavy atom.